The Labute approximate surface area is 148 Å². The van der Waals surface area contributed by atoms with Crippen LogP contribution in [0.5, 0.6) is 11.5 Å². The van der Waals surface area contributed by atoms with Crippen molar-refractivity contribution in [2.75, 3.05) is 51.3 Å². The van der Waals surface area contributed by atoms with Crippen molar-refractivity contribution in [1.82, 2.24) is 0 Å². The minimum atomic E-state index is 0.728. The van der Waals surface area contributed by atoms with Gasteiger partial charge in [-0.15, -0.1) is 0 Å². The van der Waals surface area contributed by atoms with E-state index in [2.05, 4.69) is 17.0 Å². The third-order valence-electron chi connectivity index (χ3n) is 4.43. The molecule has 0 unspecified atom stereocenters. The average molecular weight is 348 g/mol. The van der Waals surface area contributed by atoms with Crippen molar-refractivity contribution in [2.24, 2.45) is 0 Å². The van der Waals surface area contributed by atoms with E-state index in [0.29, 0.717) is 0 Å². The Morgan fingerprint density at radius 3 is 2.46 bits per heavy atom. The topological polar surface area (TPSA) is 26.1 Å². The smallest absolute Gasteiger partial charge is 0.142 e. The number of quaternary nitrogens is 1. The van der Waals surface area contributed by atoms with Gasteiger partial charge in [-0.05, 0) is 36.4 Å². The highest BCUT2D eigenvalue weighted by atomic mass is 35.5. The van der Waals surface area contributed by atoms with Crippen LogP contribution in [0.4, 0.5) is 5.69 Å². The van der Waals surface area contributed by atoms with Gasteiger partial charge >= 0.3 is 0 Å². The van der Waals surface area contributed by atoms with Crippen molar-refractivity contribution in [2.45, 2.75) is 0 Å². The van der Waals surface area contributed by atoms with E-state index >= 15 is 0 Å². The molecule has 0 spiro atoms. The predicted molar refractivity (Wildman–Crippen MR) is 97.7 cm³/mol. The number of benzene rings is 2. The zero-order valence-electron chi connectivity index (χ0n) is 14.0. The Morgan fingerprint density at radius 1 is 1.04 bits per heavy atom. The van der Waals surface area contributed by atoms with Crippen LogP contribution in [0.2, 0.25) is 5.02 Å². The third-order valence-corrected chi connectivity index (χ3v) is 4.69. The monoisotopic (exact) mass is 347 g/mol. The lowest BCUT2D eigenvalue weighted by Crippen LogP contribution is -3.15. The summed E-state index contributed by atoms with van der Waals surface area (Å²) in [5.41, 5.74) is 1.19. The summed E-state index contributed by atoms with van der Waals surface area (Å²) in [5, 5.41) is 0.737. The van der Waals surface area contributed by atoms with E-state index in [-0.39, 0.29) is 0 Å². The van der Waals surface area contributed by atoms with E-state index in [1.165, 1.54) is 5.69 Å². The van der Waals surface area contributed by atoms with Crippen LogP contribution in [0.3, 0.4) is 0 Å². The molecule has 24 heavy (non-hydrogen) atoms. The van der Waals surface area contributed by atoms with E-state index in [1.807, 2.05) is 36.4 Å². The molecule has 0 aliphatic carbocycles. The van der Waals surface area contributed by atoms with E-state index in [4.69, 9.17) is 21.1 Å². The summed E-state index contributed by atoms with van der Waals surface area (Å²) in [6.07, 6.45) is 0. The number of anilines is 1. The summed E-state index contributed by atoms with van der Waals surface area (Å²) in [7, 11) is 1.73. The molecule has 1 aliphatic rings. The number of hydrogen-bond donors (Lipinski definition) is 1. The number of rotatable bonds is 6. The standard InChI is InChI=1S/C19H23ClN2O2/c1-23-19-5-3-2-4-18(19)22-12-10-21(11-13-22)14-15-24-17-8-6-16(20)7-9-17/h2-9H,10-15H2,1H3/p+1. The van der Waals surface area contributed by atoms with Gasteiger partial charge in [0.05, 0.1) is 39.0 Å². The molecule has 0 radical (unpaired) electrons. The van der Waals surface area contributed by atoms with Crippen LogP contribution in [0, 0.1) is 0 Å². The molecule has 4 nitrogen and oxygen atoms in total. The van der Waals surface area contributed by atoms with Gasteiger partial charge in [-0.2, -0.15) is 0 Å². The summed E-state index contributed by atoms with van der Waals surface area (Å²) >= 11 is 5.88. The minimum Gasteiger partial charge on any atom is -0.495 e. The molecule has 2 aromatic carbocycles. The molecule has 0 amide bonds. The molecule has 1 heterocycles. The highest BCUT2D eigenvalue weighted by molar-refractivity contribution is 6.30. The predicted octanol–water partition coefficient (Wildman–Crippen LogP) is 2.13. The summed E-state index contributed by atoms with van der Waals surface area (Å²) in [4.78, 5) is 3.98. The fraction of sp³-hybridized carbons (Fsp3) is 0.368. The van der Waals surface area contributed by atoms with Gasteiger partial charge < -0.3 is 19.3 Å². The Morgan fingerprint density at radius 2 is 1.75 bits per heavy atom. The molecule has 1 aliphatic heterocycles. The Balaban J connectivity index is 1.44. The van der Waals surface area contributed by atoms with Crippen LogP contribution < -0.4 is 19.3 Å². The van der Waals surface area contributed by atoms with Gasteiger partial charge in [-0.1, -0.05) is 23.7 Å². The van der Waals surface area contributed by atoms with Crippen molar-refractivity contribution in [1.29, 1.82) is 0 Å². The van der Waals surface area contributed by atoms with Gasteiger partial charge in [-0.25, -0.2) is 0 Å². The maximum absolute atomic E-state index is 5.88. The molecule has 1 fully saturated rings. The van der Waals surface area contributed by atoms with Crippen LogP contribution in [0.1, 0.15) is 0 Å². The summed E-state index contributed by atoms with van der Waals surface area (Å²) in [6.45, 7) is 6.05. The van der Waals surface area contributed by atoms with Crippen molar-refractivity contribution in [3.8, 4) is 11.5 Å². The number of hydrogen-bond acceptors (Lipinski definition) is 3. The van der Waals surface area contributed by atoms with Crippen LogP contribution in [0.25, 0.3) is 0 Å². The van der Waals surface area contributed by atoms with E-state index < -0.39 is 0 Å². The van der Waals surface area contributed by atoms with E-state index in [9.17, 15) is 0 Å². The van der Waals surface area contributed by atoms with Crippen molar-refractivity contribution in [3.63, 3.8) is 0 Å². The average Bonchev–Trinajstić information content (AvgIpc) is 2.64. The number of piperazine rings is 1. The summed E-state index contributed by atoms with van der Waals surface area (Å²) in [5.74, 6) is 1.83. The van der Waals surface area contributed by atoms with Crippen molar-refractivity contribution in [3.05, 3.63) is 53.6 Å². The zero-order valence-corrected chi connectivity index (χ0v) is 14.8. The quantitative estimate of drug-likeness (QED) is 0.867. The molecular weight excluding hydrogens is 324 g/mol. The lowest BCUT2D eigenvalue weighted by molar-refractivity contribution is -0.900. The molecule has 2 aromatic rings. The fourth-order valence-corrected chi connectivity index (χ4v) is 3.17. The second-order valence-corrected chi connectivity index (χ2v) is 6.40. The van der Waals surface area contributed by atoms with Gasteiger partial charge in [0, 0.05) is 5.02 Å². The molecule has 1 saturated heterocycles. The molecule has 0 atom stereocenters. The molecule has 128 valence electrons. The fourth-order valence-electron chi connectivity index (χ4n) is 3.05. The van der Waals surface area contributed by atoms with Crippen LogP contribution in [-0.4, -0.2) is 46.4 Å². The molecule has 5 heteroatoms. The largest absolute Gasteiger partial charge is 0.495 e. The number of nitrogens with one attached hydrogen (secondary N) is 1. The summed E-state index contributed by atoms with van der Waals surface area (Å²) < 4.78 is 11.3. The maximum atomic E-state index is 5.88. The number of ether oxygens (including phenoxy) is 2. The normalized spacial score (nSPS) is 15.3. The molecular formula is C19H24ClN2O2+. The first-order valence-electron chi connectivity index (χ1n) is 8.36. The second kappa shape index (κ2) is 8.27. The lowest BCUT2D eigenvalue weighted by atomic mass is 10.2. The highest BCUT2D eigenvalue weighted by Crippen LogP contribution is 2.27. The van der Waals surface area contributed by atoms with Gasteiger partial charge in [0.25, 0.3) is 0 Å². The van der Waals surface area contributed by atoms with Gasteiger partial charge in [0.15, 0.2) is 0 Å². The number of para-hydroxylation sites is 2. The van der Waals surface area contributed by atoms with Crippen molar-refractivity contribution < 1.29 is 14.4 Å². The number of nitrogens with zero attached hydrogens (tertiary/aromatic N) is 1. The van der Waals surface area contributed by atoms with E-state index in [1.54, 1.807) is 12.0 Å². The van der Waals surface area contributed by atoms with Crippen molar-refractivity contribution >= 4 is 17.3 Å². The van der Waals surface area contributed by atoms with Gasteiger partial charge in [-0.3, -0.25) is 0 Å². The summed E-state index contributed by atoms with van der Waals surface area (Å²) in [6, 6.07) is 15.8. The Hall–Kier alpha value is -1.91. The zero-order chi connectivity index (χ0) is 16.8. The first kappa shape index (κ1) is 16.9. The Kier molecular flexibility index (Phi) is 5.83. The molecule has 0 saturated carbocycles. The van der Waals surface area contributed by atoms with Crippen LogP contribution >= 0.6 is 11.6 Å². The SMILES string of the molecule is COc1ccccc1N1CC[NH+](CCOc2ccc(Cl)cc2)CC1. The maximum Gasteiger partial charge on any atom is 0.142 e. The Bertz CT molecular complexity index is 640. The van der Waals surface area contributed by atoms with E-state index in [0.717, 1.165) is 55.9 Å². The van der Waals surface area contributed by atoms with Gasteiger partial charge in [0.1, 0.15) is 24.7 Å². The van der Waals surface area contributed by atoms with Crippen LogP contribution in [0.15, 0.2) is 48.5 Å². The molecule has 1 N–H and O–H groups in total. The third kappa shape index (κ3) is 4.34. The molecule has 0 bridgehead atoms. The van der Waals surface area contributed by atoms with Gasteiger partial charge in [0.2, 0.25) is 0 Å². The first-order chi connectivity index (χ1) is 11.8. The first-order valence-corrected chi connectivity index (χ1v) is 8.74. The molecule has 3 rings (SSSR count). The minimum absolute atomic E-state index is 0.728. The highest BCUT2D eigenvalue weighted by Gasteiger charge is 2.21. The number of methoxy groups -OCH3 is 1. The molecule has 0 aromatic heterocycles. The second-order valence-electron chi connectivity index (χ2n) is 5.96. The number of halogens is 1. The lowest BCUT2D eigenvalue weighted by Gasteiger charge is -2.34. The van der Waals surface area contributed by atoms with Crippen LogP contribution in [-0.2, 0) is 0 Å².